The van der Waals surface area contributed by atoms with Crippen LogP contribution in [0.15, 0.2) is 36.4 Å². The first-order chi connectivity index (χ1) is 9.89. The summed E-state index contributed by atoms with van der Waals surface area (Å²) in [5.41, 5.74) is 5.25. The van der Waals surface area contributed by atoms with Gasteiger partial charge in [-0.05, 0) is 36.1 Å². The summed E-state index contributed by atoms with van der Waals surface area (Å²) in [5.74, 6) is 0.369. The van der Waals surface area contributed by atoms with Crippen LogP contribution < -0.4 is 0 Å². The third-order valence-corrected chi connectivity index (χ3v) is 4.08. The number of aromatic hydroxyl groups is 1. The van der Waals surface area contributed by atoms with Crippen molar-refractivity contribution in [3.8, 4) is 11.4 Å². The van der Waals surface area contributed by atoms with E-state index >= 15 is 0 Å². The van der Waals surface area contributed by atoms with Crippen LogP contribution in [0.3, 0.4) is 0 Å². The summed E-state index contributed by atoms with van der Waals surface area (Å²) in [4.78, 5) is 2.02. The lowest BCUT2D eigenvalue weighted by molar-refractivity contribution is 0.443. The molecule has 4 aromatic rings. The van der Waals surface area contributed by atoms with Crippen molar-refractivity contribution in [2.24, 2.45) is 0 Å². The lowest BCUT2D eigenvalue weighted by Gasteiger charge is -2.21. The van der Waals surface area contributed by atoms with Crippen LogP contribution in [0.4, 0.5) is 0 Å². The van der Waals surface area contributed by atoms with Crippen molar-refractivity contribution < 1.29 is 5.11 Å². The van der Waals surface area contributed by atoms with Gasteiger partial charge in [0.2, 0.25) is 0 Å². The van der Waals surface area contributed by atoms with E-state index in [2.05, 4.69) is 55.2 Å². The first kappa shape index (κ1) is 12.4. The van der Waals surface area contributed by atoms with Gasteiger partial charge in [0.05, 0.1) is 0 Å². The predicted octanol–water partition coefficient (Wildman–Crippen LogP) is 3.73. The van der Waals surface area contributed by atoms with E-state index in [0.29, 0.717) is 5.75 Å². The Hall–Kier alpha value is -2.36. The number of nitrogens with zero attached hydrogens (tertiary/aromatic N) is 3. The molecule has 0 atom stereocenters. The van der Waals surface area contributed by atoms with E-state index in [0.717, 1.165) is 16.8 Å². The van der Waals surface area contributed by atoms with Crippen LogP contribution in [-0.2, 0) is 5.41 Å². The molecule has 0 amide bonds. The third-order valence-electron chi connectivity index (χ3n) is 4.08. The van der Waals surface area contributed by atoms with Crippen LogP contribution in [-0.4, -0.2) is 19.2 Å². The van der Waals surface area contributed by atoms with Crippen molar-refractivity contribution in [2.75, 3.05) is 0 Å². The molecular weight excluding hydrogens is 262 g/mol. The minimum atomic E-state index is -0.0859. The van der Waals surface area contributed by atoms with Crippen LogP contribution in [0.2, 0.25) is 0 Å². The van der Waals surface area contributed by atoms with Crippen molar-refractivity contribution in [1.29, 1.82) is 0 Å². The average molecular weight is 281 g/mol. The number of para-hydroxylation sites is 2. The Morgan fingerprint density at radius 3 is 2.05 bits per heavy atom. The Labute approximate surface area is 123 Å². The molecule has 0 unspecified atom stereocenters. The van der Waals surface area contributed by atoms with E-state index in [4.69, 9.17) is 0 Å². The standard InChI is InChI=1S/C17H19N3O/c1-11-9-12(17(2,3)4)16(21)15(10-11)20-18-13-7-5-6-8-14(13)19(18)20/h5-10,21H,1-4H3. The highest BCUT2D eigenvalue weighted by Gasteiger charge is 2.28. The molecule has 0 radical (unpaired) electrons. The molecule has 1 N–H and O–H groups in total. The van der Waals surface area contributed by atoms with E-state index in [1.54, 1.807) is 0 Å². The second kappa shape index (κ2) is 3.64. The third kappa shape index (κ3) is 1.56. The lowest BCUT2D eigenvalue weighted by atomic mass is 9.85. The van der Waals surface area contributed by atoms with Gasteiger partial charge >= 0.3 is 0 Å². The minimum Gasteiger partial charge on any atom is -0.505 e. The van der Waals surface area contributed by atoms with Gasteiger partial charge in [-0.25, -0.2) is 0 Å². The van der Waals surface area contributed by atoms with Crippen LogP contribution in [0, 0.1) is 6.92 Å². The second-order valence-electron chi connectivity index (χ2n) is 6.79. The van der Waals surface area contributed by atoms with E-state index in [9.17, 15) is 5.11 Å². The Balaban J connectivity index is 1.96. The van der Waals surface area contributed by atoms with E-state index in [1.807, 2.05) is 23.0 Å². The van der Waals surface area contributed by atoms with Gasteiger partial charge in [0, 0.05) is 5.56 Å². The Morgan fingerprint density at radius 2 is 1.52 bits per heavy atom. The van der Waals surface area contributed by atoms with E-state index < -0.39 is 0 Å². The molecule has 2 heterocycles. The summed E-state index contributed by atoms with van der Waals surface area (Å²) in [6, 6.07) is 12.3. The average Bonchev–Trinajstić information content (AvgIpc) is 3.06. The molecule has 4 rings (SSSR count). The molecule has 0 aliphatic rings. The fourth-order valence-corrected chi connectivity index (χ4v) is 2.98. The first-order valence-electron chi connectivity index (χ1n) is 7.23. The fraction of sp³-hybridized carbons (Fsp3) is 0.294. The molecule has 108 valence electrons. The van der Waals surface area contributed by atoms with Crippen LogP contribution in [0.1, 0.15) is 31.9 Å². The van der Waals surface area contributed by atoms with Crippen molar-refractivity contribution in [3.63, 3.8) is 0 Å². The Morgan fingerprint density at radius 1 is 0.952 bits per heavy atom. The van der Waals surface area contributed by atoms with Crippen LogP contribution in [0.5, 0.6) is 5.75 Å². The molecule has 2 aromatic carbocycles. The number of fused-ring (bicyclic) bond motifs is 4. The van der Waals surface area contributed by atoms with E-state index in [-0.39, 0.29) is 5.41 Å². The van der Waals surface area contributed by atoms with Crippen molar-refractivity contribution in [3.05, 3.63) is 47.5 Å². The molecule has 4 heteroatoms. The molecule has 2 aromatic heterocycles. The van der Waals surface area contributed by atoms with Gasteiger partial charge in [-0.15, -0.1) is 14.1 Å². The molecule has 0 fully saturated rings. The van der Waals surface area contributed by atoms with Gasteiger partial charge in [0.25, 0.3) is 0 Å². The summed E-state index contributed by atoms with van der Waals surface area (Å²) in [6.45, 7) is 8.44. The van der Waals surface area contributed by atoms with Crippen molar-refractivity contribution in [2.45, 2.75) is 33.1 Å². The number of benzene rings is 2. The highest BCUT2D eigenvalue weighted by molar-refractivity contribution is 5.79. The van der Waals surface area contributed by atoms with Crippen molar-refractivity contribution >= 4 is 11.0 Å². The second-order valence-corrected chi connectivity index (χ2v) is 6.79. The zero-order chi connectivity index (χ0) is 14.9. The molecule has 0 saturated carbocycles. The SMILES string of the molecule is Cc1cc(-n2n3c4ccccc4n23)c(O)c(C(C)(C)C)c1. The maximum Gasteiger partial charge on any atom is 0.146 e. The molecule has 0 bridgehead atoms. The molecular formula is C17H19N3O. The first-order valence-corrected chi connectivity index (χ1v) is 7.23. The predicted molar refractivity (Wildman–Crippen MR) is 84.0 cm³/mol. The number of aryl methyl sites for hydroxylation is 1. The highest BCUT2D eigenvalue weighted by atomic mass is 16.3. The quantitative estimate of drug-likeness (QED) is 0.566. The molecule has 21 heavy (non-hydrogen) atoms. The van der Waals surface area contributed by atoms with E-state index in [1.165, 1.54) is 11.0 Å². The van der Waals surface area contributed by atoms with Crippen molar-refractivity contribution in [1.82, 2.24) is 14.1 Å². The zero-order valence-electron chi connectivity index (χ0n) is 12.8. The Bertz CT molecular complexity index is 904. The monoisotopic (exact) mass is 281 g/mol. The minimum absolute atomic E-state index is 0.0859. The fourth-order valence-electron chi connectivity index (χ4n) is 2.98. The molecule has 0 aliphatic heterocycles. The highest BCUT2D eigenvalue weighted by Crippen LogP contribution is 2.38. The number of aromatic nitrogens is 3. The van der Waals surface area contributed by atoms with Crippen LogP contribution >= 0.6 is 0 Å². The molecule has 0 spiro atoms. The summed E-state index contributed by atoms with van der Waals surface area (Å²) >= 11 is 0. The summed E-state index contributed by atoms with van der Waals surface area (Å²) in [6.07, 6.45) is 0. The number of phenols is 1. The zero-order valence-corrected chi connectivity index (χ0v) is 12.8. The maximum atomic E-state index is 10.7. The van der Waals surface area contributed by atoms with Crippen LogP contribution in [0.25, 0.3) is 16.7 Å². The Kier molecular flexibility index (Phi) is 2.15. The van der Waals surface area contributed by atoms with Gasteiger partial charge < -0.3 is 5.11 Å². The summed E-state index contributed by atoms with van der Waals surface area (Å²) in [5, 5.41) is 10.7. The number of phenolic OH excluding ortho intramolecular Hbond substituents is 1. The van der Waals surface area contributed by atoms with Gasteiger partial charge in [0.1, 0.15) is 22.5 Å². The van der Waals surface area contributed by atoms with Gasteiger partial charge in [-0.3, -0.25) is 0 Å². The summed E-state index contributed by atoms with van der Waals surface area (Å²) < 4.78 is 4.13. The smallest absolute Gasteiger partial charge is 0.146 e. The number of hydrogen-bond donors (Lipinski definition) is 1. The van der Waals surface area contributed by atoms with Gasteiger partial charge in [-0.2, -0.15) is 0 Å². The number of rotatable bonds is 1. The topological polar surface area (TPSA) is 34.0 Å². The molecule has 4 nitrogen and oxygen atoms in total. The largest absolute Gasteiger partial charge is 0.505 e. The molecule has 0 saturated heterocycles. The van der Waals surface area contributed by atoms with Gasteiger partial charge in [-0.1, -0.05) is 39.0 Å². The van der Waals surface area contributed by atoms with Gasteiger partial charge in [0.15, 0.2) is 0 Å². The maximum absolute atomic E-state index is 10.7. The normalized spacial score (nSPS) is 13.0. The number of hydrogen-bond acceptors (Lipinski definition) is 1. The lowest BCUT2D eigenvalue weighted by Crippen LogP contribution is -2.12. The molecule has 0 aliphatic carbocycles. The summed E-state index contributed by atoms with van der Waals surface area (Å²) in [7, 11) is 0.